The van der Waals surface area contributed by atoms with Crippen LogP contribution in [0.5, 0.6) is 5.75 Å². The Morgan fingerprint density at radius 3 is 2.55 bits per heavy atom. The van der Waals surface area contributed by atoms with Crippen LogP contribution in [-0.2, 0) is 13.0 Å². The van der Waals surface area contributed by atoms with Crippen molar-refractivity contribution in [3.63, 3.8) is 0 Å². The SMILES string of the molecule is COc1ccc(/C=N/N2CCc3ccccc3C2)cc1. The van der Waals surface area contributed by atoms with E-state index in [4.69, 9.17) is 4.74 Å². The highest BCUT2D eigenvalue weighted by Gasteiger charge is 2.13. The van der Waals surface area contributed by atoms with Gasteiger partial charge in [0, 0.05) is 6.54 Å². The number of rotatable bonds is 3. The first-order chi connectivity index (χ1) is 9.85. The van der Waals surface area contributed by atoms with Gasteiger partial charge in [0.2, 0.25) is 0 Å². The van der Waals surface area contributed by atoms with Crippen molar-refractivity contribution in [2.75, 3.05) is 13.7 Å². The predicted octanol–water partition coefficient (Wildman–Crippen LogP) is 3.09. The van der Waals surface area contributed by atoms with Crippen LogP contribution in [0.1, 0.15) is 16.7 Å². The van der Waals surface area contributed by atoms with E-state index in [-0.39, 0.29) is 0 Å². The third-order valence-electron chi connectivity index (χ3n) is 3.60. The molecular formula is C17H18N2O. The maximum Gasteiger partial charge on any atom is 0.118 e. The molecule has 0 unspecified atom stereocenters. The summed E-state index contributed by atoms with van der Waals surface area (Å²) in [7, 11) is 1.67. The molecule has 0 fully saturated rings. The quantitative estimate of drug-likeness (QED) is 0.797. The van der Waals surface area contributed by atoms with Crippen LogP contribution in [0.4, 0.5) is 0 Å². The van der Waals surface area contributed by atoms with Gasteiger partial charge in [-0.25, -0.2) is 0 Å². The highest BCUT2D eigenvalue weighted by molar-refractivity contribution is 5.79. The molecule has 20 heavy (non-hydrogen) atoms. The fourth-order valence-corrected chi connectivity index (χ4v) is 2.42. The van der Waals surface area contributed by atoms with Gasteiger partial charge in [0.05, 0.1) is 19.9 Å². The minimum Gasteiger partial charge on any atom is -0.497 e. The Kier molecular flexibility index (Phi) is 3.68. The number of fused-ring (bicyclic) bond motifs is 1. The van der Waals surface area contributed by atoms with E-state index in [1.54, 1.807) is 7.11 Å². The van der Waals surface area contributed by atoms with Crippen LogP contribution in [0.25, 0.3) is 0 Å². The zero-order valence-corrected chi connectivity index (χ0v) is 11.6. The summed E-state index contributed by atoms with van der Waals surface area (Å²) in [5, 5.41) is 6.69. The highest BCUT2D eigenvalue weighted by Crippen LogP contribution is 2.18. The maximum atomic E-state index is 5.15. The van der Waals surface area contributed by atoms with Crippen molar-refractivity contribution in [1.29, 1.82) is 0 Å². The Morgan fingerprint density at radius 2 is 1.80 bits per heavy atom. The van der Waals surface area contributed by atoms with Crippen LogP contribution in [-0.4, -0.2) is 24.9 Å². The van der Waals surface area contributed by atoms with E-state index < -0.39 is 0 Å². The van der Waals surface area contributed by atoms with E-state index in [9.17, 15) is 0 Å². The van der Waals surface area contributed by atoms with Crippen molar-refractivity contribution in [2.24, 2.45) is 5.10 Å². The normalized spacial score (nSPS) is 14.3. The molecule has 3 heteroatoms. The molecule has 0 saturated carbocycles. The van der Waals surface area contributed by atoms with E-state index >= 15 is 0 Å². The molecule has 0 bridgehead atoms. The number of benzene rings is 2. The second-order valence-corrected chi connectivity index (χ2v) is 4.92. The molecule has 0 aliphatic carbocycles. The highest BCUT2D eigenvalue weighted by atomic mass is 16.5. The van der Waals surface area contributed by atoms with Crippen molar-refractivity contribution in [3.8, 4) is 5.75 Å². The lowest BCUT2D eigenvalue weighted by Crippen LogP contribution is -2.25. The molecule has 2 aromatic carbocycles. The Hall–Kier alpha value is -2.29. The van der Waals surface area contributed by atoms with Gasteiger partial charge in [-0.1, -0.05) is 24.3 Å². The molecule has 1 aliphatic rings. The molecule has 1 heterocycles. The smallest absolute Gasteiger partial charge is 0.118 e. The molecule has 3 rings (SSSR count). The zero-order chi connectivity index (χ0) is 13.8. The van der Waals surface area contributed by atoms with E-state index in [1.165, 1.54) is 11.1 Å². The van der Waals surface area contributed by atoms with Crippen LogP contribution < -0.4 is 4.74 Å². The van der Waals surface area contributed by atoms with Crippen LogP contribution >= 0.6 is 0 Å². The number of methoxy groups -OCH3 is 1. The number of hydrogen-bond acceptors (Lipinski definition) is 3. The monoisotopic (exact) mass is 266 g/mol. The number of nitrogens with zero attached hydrogens (tertiary/aromatic N) is 2. The average molecular weight is 266 g/mol. The third-order valence-corrected chi connectivity index (χ3v) is 3.60. The minimum absolute atomic E-state index is 0.869. The first kappa shape index (κ1) is 12.7. The molecule has 2 aromatic rings. The fraction of sp³-hybridized carbons (Fsp3) is 0.235. The standard InChI is InChI=1S/C17H18N2O/c1-20-17-8-6-14(7-9-17)12-18-19-11-10-15-4-2-3-5-16(15)13-19/h2-9,12H,10-11,13H2,1H3/b18-12+. The lowest BCUT2D eigenvalue weighted by Gasteiger charge is -2.26. The Labute approximate surface area is 119 Å². The van der Waals surface area contributed by atoms with Gasteiger partial charge in [-0.05, 0) is 47.4 Å². The van der Waals surface area contributed by atoms with Gasteiger partial charge >= 0.3 is 0 Å². The van der Waals surface area contributed by atoms with Gasteiger partial charge in [-0.15, -0.1) is 0 Å². The van der Waals surface area contributed by atoms with Crippen LogP contribution in [0.15, 0.2) is 53.6 Å². The van der Waals surface area contributed by atoms with Gasteiger partial charge in [0.15, 0.2) is 0 Å². The summed E-state index contributed by atoms with van der Waals surface area (Å²) < 4.78 is 5.15. The summed E-state index contributed by atoms with van der Waals surface area (Å²) in [6.45, 7) is 1.87. The first-order valence-corrected chi connectivity index (χ1v) is 6.85. The van der Waals surface area contributed by atoms with Crippen molar-refractivity contribution in [3.05, 3.63) is 65.2 Å². The Morgan fingerprint density at radius 1 is 1.05 bits per heavy atom. The van der Waals surface area contributed by atoms with Gasteiger partial charge in [0.1, 0.15) is 5.75 Å². The Balaban J connectivity index is 1.68. The summed E-state index contributed by atoms with van der Waals surface area (Å²) in [5.74, 6) is 0.869. The predicted molar refractivity (Wildman–Crippen MR) is 81.1 cm³/mol. The number of hydrogen-bond donors (Lipinski definition) is 0. The summed E-state index contributed by atoms with van der Waals surface area (Å²) in [6.07, 6.45) is 2.98. The second-order valence-electron chi connectivity index (χ2n) is 4.92. The molecule has 0 atom stereocenters. The van der Waals surface area contributed by atoms with E-state index in [1.807, 2.05) is 30.5 Å². The number of ether oxygens (including phenoxy) is 1. The molecule has 102 valence electrons. The van der Waals surface area contributed by atoms with Gasteiger partial charge in [0.25, 0.3) is 0 Å². The minimum atomic E-state index is 0.869. The van der Waals surface area contributed by atoms with Gasteiger partial charge < -0.3 is 4.74 Å². The van der Waals surface area contributed by atoms with Crippen molar-refractivity contribution >= 4 is 6.21 Å². The summed E-state index contributed by atoms with van der Waals surface area (Å²) in [4.78, 5) is 0. The first-order valence-electron chi connectivity index (χ1n) is 6.85. The second kappa shape index (κ2) is 5.78. The fourth-order valence-electron chi connectivity index (χ4n) is 2.42. The van der Waals surface area contributed by atoms with Crippen LogP contribution in [0.2, 0.25) is 0 Å². The molecule has 0 spiro atoms. The maximum absolute atomic E-state index is 5.15. The number of hydrazone groups is 1. The molecule has 0 radical (unpaired) electrons. The summed E-state index contributed by atoms with van der Waals surface area (Å²) in [6, 6.07) is 16.5. The largest absolute Gasteiger partial charge is 0.497 e. The molecule has 0 amide bonds. The van der Waals surface area contributed by atoms with Crippen molar-refractivity contribution in [1.82, 2.24) is 5.01 Å². The van der Waals surface area contributed by atoms with Gasteiger partial charge in [-0.3, -0.25) is 5.01 Å². The average Bonchev–Trinajstić information content (AvgIpc) is 2.53. The van der Waals surface area contributed by atoms with E-state index in [0.717, 1.165) is 30.8 Å². The van der Waals surface area contributed by atoms with Crippen LogP contribution in [0, 0.1) is 0 Å². The molecule has 0 N–H and O–H groups in total. The molecule has 3 nitrogen and oxygen atoms in total. The topological polar surface area (TPSA) is 24.8 Å². The third kappa shape index (κ3) is 2.82. The molecule has 1 aliphatic heterocycles. The lowest BCUT2D eigenvalue weighted by molar-refractivity contribution is 0.269. The zero-order valence-electron chi connectivity index (χ0n) is 11.6. The van der Waals surface area contributed by atoms with E-state index in [2.05, 4.69) is 34.4 Å². The Bertz CT molecular complexity index is 605. The summed E-state index contributed by atoms with van der Waals surface area (Å²) >= 11 is 0. The van der Waals surface area contributed by atoms with Crippen molar-refractivity contribution < 1.29 is 4.74 Å². The van der Waals surface area contributed by atoms with Crippen molar-refractivity contribution in [2.45, 2.75) is 13.0 Å². The van der Waals surface area contributed by atoms with E-state index in [0.29, 0.717) is 0 Å². The molecule has 0 aromatic heterocycles. The van der Waals surface area contributed by atoms with Gasteiger partial charge in [-0.2, -0.15) is 5.10 Å². The lowest BCUT2D eigenvalue weighted by atomic mass is 10.0. The van der Waals surface area contributed by atoms with Crippen LogP contribution in [0.3, 0.4) is 0 Å². The molecule has 0 saturated heterocycles. The molecular weight excluding hydrogens is 248 g/mol. The summed E-state index contributed by atoms with van der Waals surface area (Å²) in [5.41, 5.74) is 3.92.